The highest BCUT2D eigenvalue weighted by atomic mass is 127. The third kappa shape index (κ3) is 7.39. The fraction of sp³-hybridized carbons (Fsp3) is 0.682. The highest BCUT2D eigenvalue weighted by Gasteiger charge is 2.25. The summed E-state index contributed by atoms with van der Waals surface area (Å²) in [7, 11) is 1.97. The summed E-state index contributed by atoms with van der Waals surface area (Å²) in [5.41, 5.74) is 0. The zero-order valence-electron chi connectivity index (χ0n) is 19.7. The molecule has 1 atom stereocenters. The smallest absolute Gasteiger partial charge is 0.191 e. The van der Waals surface area contributed by atoms with E-state index in [0.29, 0.717) is 6.54 Å². The zero-order valence-corrected chi connectivity index (χ0v) is 22.0. The SMILES string of the molecule is Cc1nnc(CN=C(NCCN2CCOCC2)NCC(c2ccco2)N2CCCC2)n1C.I. The molecule has 0 saturated carbocycles. The maximum atomic E-state index is 5.77. The predicted octanol–water partition coefficient (Wildman–Crippen LogP) is 1.54. The first-order chi connectivity index (χ1) is 15.7. The average Bonchev–Trinajstić information content (AvgIpc) is 3.58. The molecule has 11 heteroatoms. The van der Waals surface area contributed by atoms with Crippen molar-refractivity contribution in [2.75, 3.05) is 59.0 Å². The number of aliphatic imine (C=N–C) groups is 1. The third-order valence-corrected chi connectivity index (χ3v) is 6.30. The molecule has 2 aliphatic heterocycles. The number of ether oxygens (including phenoxy) is 1. The fourth-order valence-corrected chi connectivity index (χ4v) is 4.21. The summed E-state index contributed by atoms with van der Waals surface area (Å²) in [5, 5.41) is 15.4. The van der Waals surface area contributed by atoms with E-state index in [0.717, 1.165) is 82.4 Å². The summed E-state index contributed by atoms with van der Waals surface area (Å²) < 4.78 is 13.2. The molecular weight excluding hydrogens is 535 g/mol. The van der Waals surface area contributed by atoms with Crippen LogP contribution in [0.4, 0.5) is 0 Å². The van der Waals surface area contributed by atoms with Crippen LogP contribution in [0, 0.1) is 6.92 Å². The van der Waals surface area contributed by atoms with Crippen molar-refractivity contribution in [1.29, 1.82) is 0 Å². The van der Waals surface area contributed by atoms with Gasteiger partial charge in [0.2, 0.25) is 0 Å². The van der Waals surface area contributed by atoms with Crippen LogP contribution >= 0.6 is 24.0 Å². The molecule has 4 rings (SSSR count). The van der Waals surface area contributed by atoms with E-state index in [9.17, 15) is 0 Å². The molecule has 4 heterocycles. The van der Waals surface area contributed by atoms with Gasteiger partial charge in [-0.25, -0.2) is 4.99 Å². The van der Waals surface area contributed by atoms with Crippen LogP contribution < -0.4 is 10.6 Å². The molecule has 0 spiro atoms. The number of hydrogen-bond donors (Lipinski definition) is 2. The first kappa shape index (κ1) is 25.9. The van der Waals surface area contributed by atoms with E-state index in [2.05, 4.69) is 36.7 Å². The second kappa shape index (κ2) is 13.3. The minimum absolute atomic E-state index is 0. The van der Waals surface area contributed by atoms with Crippen LogP contribution in [0.3, 0.4) is 0 Å². The summed E-state index contributed by atoms with van der Waals surface area (Å²) in [6.45, 7) is 10.7. The van der Waals surface area contributed by atoms with E-state index in [1.54, 1.807) is 6.26 Å². The van der Waals surface area contributed by atoms with E-state index in [1.807, 2.05) is 24.6 Å². The molecule has 0 radical (unpaired) electrons. The average molecular weight is 572 g/mol. The molecule has 0 bridgehead atoms. The summed E-state index contributed by atoms with van der Waals surface area (Å²) in [5.74, 6) is 3.52. The Hall–Kier alpha value is -1.70. The van der Waals surface area contributed by atoms with Gasteiger partial charge in [0, 0.05) is 39.8 Å². The number of furan rings is 1. The molecule has 33 heavy (non-hydrogen) atoms. The summed E-state index contributed by atoms with van der Waals surface area (Å²) in [4.78, 5) is 9.71. The number of morpholine rings is 1. The van der Waals surface area contributed by atoms with Gasteiger partial charge in [0.25, 0.3) is 0 Å². The minimum atomic E-state index is 0. The van der Waals surface area contributed by atoms with Crippen LogP contribution in [0.1, 0.15) is 36.3 Å². The Morgan fingerprint density at radius 3 is 2.61 bits per heavy atom. The van der Waals surface area contributed by atoms with Crippen LogP contribution in [-0.2, 0) is 18.3 Å². The van der Waals surface area contributed by atoms with Crippen molar-refractivity contribution in [3.8, 4) is 0 Å². The largest absolute Gasteiger partial charge is 0.468 e. The molecule has 0 amide bonds. The standard InChI is InChI=1S/C22H36N8O2.HI/c1-18-26-27-21(28(18)2)17-25-22(23-7-10-29-11-14-31-15-12-29)24-16-19(20-6-5-13-32-20)30-8-3-4-9-30;/h5-6,13,19H,3-4,7-12,14-17H2,1-2H3,(H2,23,24,25);1H. The highest BCUT2D eigenvalue weighted by Crippen LogP contribution is 2.24. The summed E-state index contributed by atoms with van der Waals surface area (Å²) in [6.07, 6.45) is 4.23. The number of nitrogens with one attached hydrogen (secondary N) is 2. The minimum Gasteiger partial charge on any atom is -0.468 e. The molecule has 2 N–H and O–H groups in total. The molecule has 0 aromatic carbocycles. The Labute approximate surface area is 213 Å². The number of likely N-dealkylation sites (tertiary alicyclic amines) is 1. The van der Waals surface area contributed by atoms with Gasteiger partial charge in [0.05, 0.1) is 25.5 Å². The lowest BCUT2D eigenvalue weighted by Gasteiger charge is -2.28. The monoisotopic (exact) mass is 572 g/mol. The van der Waals surface area contributed by atoms with E-state index in [4.69, 9.17) is 14.1 Å². The molecule has 0 aliphatic carbocycles. The van der Waals surface area contributed by atoms with Crippen LogP contribution in [0.15, 0.2) is 27.8 Å². The second-order valence-corrected chi connectivity index (χ2v) is 8.42. The summed E-state index contributed by atoms with van der Waals surface area (Å²) in [6, 6.07) is 4.22. The van der Waals surface area contributed by atoms with Gasteiger partial charge >= 0.3 is 0 Å². The maximum Gasteiger partial charge on any atom is 0.191 e. The molecule has 2 fully saturated rings. The predicted molar refractivity (Wildman–Crippen MR) is 138 cm³/mol. The molecule has 1 unspecified atom stereocenters. The van der Waals surface area contributed by atoms with Crippen LogP contribution in [0.25, 0.3) is 0 Å². The highest BCUT2D eigenvalue weighted by molar-refractivity contribution is 14.0. The topological polar surface area (TPSA) is 96.0 Å². The number of aryl methyl sites for hydroxylation is 1. The molecule has 2 saturated heterocycles. The number of halogens is 1. The molecule has 184 valence electrons. The van der Waals surface area contributed by atoms with Crippen molar-refractivity contribution in [2.24, 2.45) is 12.0 Å². The van der Waals surface area contributed by atoms with Gasteiger partial charge in [-0.3, -0.25) is 9.80 Å². The van der Waals surface area contributed by atoms with Gasteiger partial charge in [-0.1, -0.05) is 0 Å². The van der Waals surface area contributed by atoms with Crippen molar-refractivity contribution in [3.05, 3.63) is 35.8 Å². The van der Waals surface area contributed by atoms with Crippen LogP contribution in [0.5, 0.6) is 0 Å². The maximum absolute atomic E-state index is 5.77. The Balaban J connectivity index is 0.00000306. The fourth-order valence-electron chi connectivity index (χ4n) is 4.21. The van der Waals surface area contributed by atoms with Crippen molar-refractivity contribution in [1.82, 2.24) is 35.2 Å². The van der Waals surface area contributed by atoms with Crippen LogP contribution in [0.2, 0.25) is 0 Å². The van der Waals surface area contributed by atoms with Crippen molar-refractivity contribution in [3.63, 3.8) is 0 Å². The van der Waals surface area contributed by atoms with Crippen molar-refractivity contribution >= 4 is 29.9 Å². The second-order valence-electron chi connectivity index (χ2n) is 8.42. The first-order valence-electron chi connectivity index (χ1n) is 11.7. The number of rotatable bonds is 9. The van der Waals surface area contributed by atoms with Gasteiger partial charge < -0.3 is 24.4 Å². The third-order valence-electron chi connectivity index (χ3n) is 6.30. The summed E-state index contributed by atoms with van der Waals surface area (Å²) >= 11 is 0. The lowest BCUT2D eigenvalue weighted by molar-refractivity contribution is 0.0389. The Morgan fingerprint density at radius 2 is 1.94 bits per heavy atom. The lowest BCUT2D eigenvalue weighted by Crippen LogP contribution is -2.46. The normalized spacial score (nSPS) is 18.8. The number of guanidine groups is 1. The Morgan fingerprint density at radius 1 is 1.15 bits per heavy atom. The number of nitrogens with zero attached hydrogens (tertiary/aromatic N) is 6. The van der Waals surface area contributed by atoms with Crippen molar-refractivity contribution in [2.45, 2.75) is 32.4 Å². The number of hydrogen-bond acceptors (Lipinski definition) is 7. The lowest BCUT2D eigenvalue weighted by atomic mass is 10.2. The van der Waals surface area contributed by atoms with Gasteiger partial charge in [-0.15, -0.1) is 34.2 Å². The molecule has 10 nitrogen and oxygen atoms in total. The quantitative estimate of drug-likeness (QED) is 0.266. The van der Waals surface area contributed by atoms with E-state index < -0.39 is 0 Å². The van der Waals surface area contributed by atoms with Gasteiger partial charge in [-0.2, -0.15) is 0 Å². The van der Waals surface area contributed by atoms with E-state index in [-0.39, 0.29) is 30.0 Å². The van der Waals surface area contributed by atoms with Crippen molar-refractivity contribution < 1.29 is 9.15 Å². The first-order valence-corrected chi connectivity index (χ1v) is 11.7. The van der Waals surface area contributed by atoms with Gasteiger partial charge in [0.1, 0.15) is 18.1 Å². The zero-order chi connectivity index (χ0) is 22.2. The molecule has 2 aromatic rings. The van der Waals surface area contributed by atoms with E-state index >= 15 is 0 Å². The molecule has 2 aliphatic rings. The van der Waals surface area contributed by atoms with Crippen LogP contribution in [-0.4, -0.2) is 89.6 Å². The Kier molecular flexibility index (Phi) is 10.4. The molecular formula is C22H37IN8O2. The van der Waals surface area contributed by atoms with E-state index in [1.165, 1.54) is 12.8 Å². The van der Waals surface area contributed by atoms with Gasteiger partial charge in [-0.05, 0) is 45.0 Å². The number of aromatic nitrogens is 3. The molecule has 2 aromatic heterocycles. The van der Waals surface area contributed by atoms with Gasteiger partial charge in [0.15, 0.2) is 11.8 Å². The Bertz CT molecular complexity index is 845.